The average Bonchev–Trinajstić information content (AvgIpc) is 3.76. The molecule has 1 aromatic heterocycles. The number of thioether (sulfide) groups is 1. The quantitative estimate of drug-likeness (QED) is 0.128. The van der Waals surface area contributed by atoms with E-state index in [0.717, 1.165) is 16.7 Å². The van der Waals surface area contributed by atoms with E-state index in [4.69, 9.17) is 4.74 Å². The van der Waals surface area contributed by atoms with Crippen molar-refractivity contribution in [3.8, 4) is 22.8 Å². The second kappa shape index (κ2) is 15.6. The molecule has 1 unspecified atom stereocenters. The van der Waals surface area contributed by atoms with E-state index >= 15 is 0 Å². The number of carbonyl (C=O) groups excluding carboxylic acids is 3. The Hall–Kier alpha value is -5.76. The minimum atomic E-state index is -4.80. The summed E-state index contributed by atoms with van der Waals surface area (Å²) in [5.41, 5.74) is 4.86. The van der Waals surface area contributed by atoms with E-state index < -0.39 is 24.2 Å². The van der Waals surface area contributed by atoms with Crippen molar-refractivity contribution in [2.24, 2.45) is 4.99 Å². The number of amidine groups is 1. The highest BCUT2D eigenvalue weighted by Gasteiger charge is 2.34. The van der Waals surface area contributed by atoms with Gasteiger partial charge in [0, 0.05) is 12.0 Å². The first-order valence-electron chi connectivity index (χ1n) is 16.2. The van der Waals surface area contributed by atoms with Crippen LogP contribution in [-0.4, -0.2) is 49.8 Å². The van der Waals surface area contributed by atoms with Crippen molar-refractivity contribution in [2.75, 3.05) is 10.7 Å². The number of anilines is 1. The molecule has 0 spiro atoms. The van der Waals surface area contributed by atoms with Gasteiger partial charge in [-0.15, -0.1) is 18.3 Å². The summed E-state index contributed by atoms with van der Waals surface area (Å²) in [7, 11) is 0. The number of hydrogen-bond donors (Lipinski definition) is 0. The molecule has 52 heavy (non-hydrogen) atoms. The molecule has 2 heterocycles. The van der Waals surface area contributed by atoms with E-state index in [0.29, 0.717) is 34.7 Å². The number of aryl methyl sites for hydroxylation is 2. The predicted octanol–water partition coefficient (Wildman–Crippen LogP) is 7.58. The molecule has 0 saturated carbocycles. The molecule has 0 N–H and O–H groups in total. The zero-order chi connectivity index (χ0) is 36.8. The Bertz CT molecular complexity index is 2100. The van der Waals surface area contributed by atoms with Gasteiger partial charge in [-0.3, -0.25) is 19.3 Å². The van der Waals surface area contributed by atoms with Crippen LogP contribution in [0.4, 0.5) is 18.9 Å². The molecule has 1 fully saturated rings. The summed E-state index contributed by atoms with van der Waals surface area (Å²) in [5.74, 6) is -2.32. The van der Waals surface area contributed by atoms with Gasteiger partial charge < -0.3 is 9.47 Å². The first kappa shape index (κ1) is 36.0. The number of esters is 1. The number of halogens is 3. The van der Waals surface area contributed by atoms with Crippen LogP contribution in [0.5, 0.6) is 5.75 Å². The minimum absolute atomic E-state index is 0.00679. The monoisotopic (exact) mass is 727 g/mol. The Balaban J connectivity index is 1.23. The summed E-state index contributed by atoms with van der Waals surface area (Å²) in [4.78, 5) is 50.3. The molecular weight excluding hydrogens is 696 g/mol. The first-order valence-corrected chi connectivity index (χ1v) is 17.2. The highest BCUT2D eigenvalue weighted by atomic mass is 32.2. The number of carbonyl (C=O) groups is 3. The molecule has 14 heteroatoms. The summed E-state index contributed by atoms with van der Waals surface area (Å²) in [6.07, 6.45) is -3.01. The van der Waals surface area contributed by atoms with Crippen LogP contribution in [0, 0.1) is 6.92 Å². The zero-order valence-corrected chi connectivity index (χ0v) is 28.9. The maximum Gasteiger partial charge on any atom is 0.573 e. The molecule has 4 aromatic carbocycles. The van der Waals surface area contributed by atoms with Crippen molar-refractivity contribution in [3.05, 3.63) is 126 Å². The lowest BCUT2D eigenvalue weighted by molar-refractivity contribution is -0.274. The molecule has 2 amide bonds. The molecule has 10 nitrogen and oxygen atoms in total. The van der Waals surface area contributed by atoms with Gasteiger partial charge in [0.05, 0.1) is 23.0 Å². The van der Waals surface area contributed by atoms with E-state index in [1.807, 2.05) is 62.4 Å². The number of ether oxygens (including phenoxy) is 2. The highest BCUT2D eigenvalue weighted by Crippen LogP contribution is 2.34. The maximum absolute atomic E-state index is 13.6. The number of aliphatic imine (C=N–C) groups is 1. The molecular formula is C38H32F3N5O5S. The fourth-order valence-corrected chi connectivity index (χ4v) is 6.54. The molecule has 1 atom stereocenters. The van der Waals surface area contributed by atoms with Gasteiger partial charge >= 0.3 is 12.3 Å². The Labute approximate surface area is 301 Å². The number of nitrogens with zero attached hydrogens (tertiary/aromatic N) is 5. The zero-order valence-electron chi connectivity index (χ0n) is 28.0. The van der Waals surface area contributed by atoms with Crippen molar-refractivity contribution in [1.82, 2.24) is 14.8 Å². The molecule has 6 rings (SSSR count). The van der Waals surface area contributed by atoms with Crippen molar-refractivity contribution in [2.45, 2.75) is 45.6 Å². The van der Waals surface area contributed by atoms with Crippen LogP contribution < -0.4 is 9.64 Å². The van der Waals surface area contributed by atoms with Gasteiger partial charge in [0.1, 0.15) is 18.7 Å². The van der Waals surface area contributed by atoms with Crippen LogP contribution in [0.3, 0.4) is 0 Å². The van der Waals surface area contributed by atoms with Crippen LogP contribution in [-0.2, 0) is 32.1 Å². The molecule has 0 radical (unpaired) electrons. The average molecular weight is 728 g/mol. The predicted molar refractivity (Wildman–Crippen MR) is 190 cm³/mol. The Morgan fingerprint density at radius 3 is 2.38 bits per heavy atom. The van der Waals surface area contributed by atoms with Crippen molar-refractivity contribution in [1.29, 1.82) is 0 Å². The van der Waals surface area contributed by atoms with Gasteiger partial charge in [0.15, 0.2) is 11.0 Å². The second-order valence-corrected chi connectivity index (χ2v) is 12.7. The summed E-state index contributed by atoms with van der Waals surface area (Å²) >= 11 is 1.17. The van der Waals surface area contributed by atoms with Crippen LogP contribution >= 0.6 is 11.8 Å². The molecule has 1 saturated heterocycles. The standard InChI is InChI=1S/C38H32F3N5O5S/c1-3-26-11-7-8-24(2)34(26)46-33(48)22-52-37(46)43-32(47)20-31(36(49)50-21-25-9-5-4-6-10-25)27-12-14-28(15-13-27)35-42-23-45(44-35)29-16-18-30(19-17-29)51-38(39,40)41/h4-19,23,31H,3,20-22H2,1-2H3. The molecule has 1 aliphatic rings. The molecule has 1 aliphatic heterocycles. The van der Waals surface area contributed by atoms with E-state index in [-0.39, 0.29) is 35.6 Å². The number of benzene rings is 4. The third-order valence-corrected chi connectivity index (χ3v) is 9.12. The van der Waals surface area contributed by atoms with Crippen molar-refractivity contribution >= 4 is 40.4 Å². The van der Waals surface area contributed by atoms with E-state index in [1.54, 1.807) is 24.3 Å². The molecule has 0 bridgehead atoms. The fourth-order valence-electron chi connectivity index (χ4n) is 5.67. The number of amides is 2. The van der Waals surface area contributed by atoms with Crippen LogP contribution in [0.1, 0.15) is 41.5 Å². The van der Waals surface area contributed by atoms with Gasteiger partial charge in [-0.1, -0.05) is 91.5 Å². The van der Waals surface area contributed by atoms with E-state index in [2.05, 4.69) is 19.8 Å². The number of rotatable bonds is 11. The van der Waals surface area contributed by atoms with Crippen LogP contribution in [0.2, 0.25) is 0 Å². The normalized spacial score (nSPS) is 14.4. The summed E-state index contributed by atoms with van der Waals surface area (Å²) in [5, 5.41) is 4.69. The van der Waals surface area contributed by atoms with Gasteiger partial charge in [-0.25, -0.2) is 9.67 Å². The van der Waals surface area contributed by atoms with Crippen LogP contribution in [0.25, 0.3) is 17.1 Å². The van der Waals surface area contributed by atoms with Crippen molar-refractivity contribution < 1.29 is 37.0 Å². The lowest BCUT2D eigenvalue weighted by Gasteiger charge is -2.22. The Morgan fingerprint density at radius 1 is 0.962 bits per heavy atom. The number of alkyl halides is 3. The van der Waals surface area contributed by atoms with Crippen molar-refractivity contribution in [3.63, 3.8) is 0 Å². The van der Waals surface area contributed by atoms with Gasteiger partial charge in [-0.05, 0) is 59.9 Å². The van der Waals surface area contributed by atoms with Gasteiger partial charge in [-0.2, -0.15) is 4.99 Å². The SMILES string of the molecule is CCc1cccc(C)c1N1C(=O)CSC1=NC(=O)CC(C(=O)OCc1ccccc1)c1ccc(-c2ncn(-c3ccc(OC(F)(F)F)cc3)n2)cc1. The number of para-hydroxylation sites is 1. The third-order valence-electron chi connectivity index (χ3n) is 8.20. The second-order valence-electron chi connectivity index (χ2n) is 11.8. The minimum Gasteiger partial charge on any atom is -0.460 e. The Morgan fingerprint density at radius 2 is 1.69 bits per heavy atom. The lowest BCUT2D eigenvalue weighted by atomic mass is 9.94. The lowest BCUT2D eigenvalue weighted by Crippen LogP contribution is -2.31. The highest BCUT2D eigenvalue weighted by molar-refractivity contribution is 8.15. The maximum atomic E-state index is 13.6. The number of hydrogen-bond acceptors (Lipinski definition) is 8. The third kappa shape index (κ3) is 8.57. The smallest absolute Gasteiger partial charge is 0.460 e. The van der Waals surface area contributed by atoms with Gasteiger partial charge in [0.25, 0.3) is 0 Å². The summed E-state index contributed by atoms with van der Waals surface area (Å²) in [6.45, 7) is 3.90. The first-order chi connectivity index (χ1) is 25.0. The summed E-state index contributed by atoms with van der Waals surface area (Å²) < 4.78 is 48.6. The van der Waals surface area contributed by atoms with E-state index in [9.17, 15) is 27.6 Å². The van der Waals surface area contributed by atoms with E-state index in [1.165, 1.54) is 51.9 Å². The van der Waals surface area contributed by atoms with Crippen LogP contribution in [0.15, 0.2) is 108 Å². The fraction of sp³-hybridized carbons (Fsp3) is 0.211. The Kier molecular flexibility index (Phi) is 10.8. The molecule has 266 valence electrons. The summed E-state index contributed by atoms with van der Waals surface area (Å²) in [6, 6.07) is 26.8. The number of aromatic nitrogens is 3. The molecule has 0 aliphatic carbocycles. The largest absolute Gasteiger partial charge is 0.573 e. The molecule has 5 aromatic rings. The van der Waals surface area contributed by atoms with Gasteiger partial charge in [0.2, 0.25) is 11.8 Å². The topological polar surface area (TPSA) is 116 Å².